The molecule has 1 aliphatic heterocycles. The van der Waals surface area contributed by atoms with Crippen molar-refractivity contribution in [2.45, 2.75) is 34.1 Å². The minimum Gasteiger partial charge on any atom is -0.330 e. The van der Waals surface area contributed by atoms with Crippen LogP contribution in [0.15, 0.2) is 0 Å². The fourth-order valence-electron chi connectivity index (χ4n) is 2.22. The van der Waals surface area contributed by atoms with E-state index in [4.69, 9.17) is 5.73 Å². The van der Waals surface area contributed by atoms with Gasteiger partial charge in [0.1, 0.15) is 0 Å². The monoisotopic (exact) mass is 198 g/mol. The number of hydrogen-bond acceptors (Lipinski definition) is 2. The Morgan fingerprint density at radius 1 is 1.43 bits per heavy atom. The van der Waals surface area contributed by atoms with E-state index < -0.39 is 0 Å². The van der Waals surface area contributed by atoms with E-state index in [9.17, 15) is 0 Å². The Bertz CT molecular complexity index is 172. The SMILES string of the molecule is C[C@H](CN)CN1CC[C@@H](C(C)(C)C)C1. The highest BCUT2D eigenvalue weighted by molar-refractivity contribution is 4.84. The zero-order valence-electron chi connectivity index (χ0n) is 10.2. The minimum absolute atomic E-state index is 0.473. The van der Waals surface area contributed by atoms with Gasteiger partial charge in [0.25, 0.3) is 0 Å². The molecule has 0 amide bonds. The fourth-order valence-corrected chi connectivity index (χ4v) is 2.22. The van der Waals surface area contributed by atoms with Crippen molar-refractivity contribution in [1.29, 1.82) is 0 Å². The van der Waals surface area contributed by atoms with E-state index in [0.29, 0.717) is 11.3 Å². The molecule has 0 aromatic heterocycles. The smallest absolute Gasteiger partial charge is 0.00192 e. The molecule has 0 radical (unpaired) electrons. The van der Waals surface area contributed by atoms with Crippen LogP contribution in [0.1, 0.15) is 34.1 Å². The molecule has 0 aliphatic carbocycles. The van der Waals surface area contributed by atoms with Crippen molar-refractivity contribution in [2.75, 3.05) is 26.2 Å². The molecule has 1 rings (SSSR count). The van der Waals surface area contributed by atoms with Gasteiger partial charge in [0.15, 0.2) is 0 Å². The zero-order chi connectivity index (χ0) is 10.8. The largest absolute Gasteiger partial charge is 0.330 e. The molecule has 2 atom stereocenters. The van der Waals surface area contributed by atoms with Crippen molar-refractivity contribution < 1.29 is 0 Å². The van der Waals surface area contributed by atoms with Crippen molar-refractivity contribution in [3.05, 3.63) is 0 Å². The minimum atomic E-state index is 0.473. The van der Waals surface area contributed by atoms with Crippen molar-refractivity contribution in [1.82, 2.24) is 4.90 Å². The van der Waals surface area contributed by atoms with Crippen molar-refractivity contribution in [3.63, 3.8) is 0 Å². The lowest BCUT2D eigenvalue weighted by atomic mass is 9.80. The van der Waals surface area contributed by atoms with Crippen molar-refractivity contribution in [3.8, 4) is 0 Å². The molecular formula is C12H26N2. The third-order valence-corrected chi connectivity index (χ3v) is 3.47. The lowest BCUT2D eigenvalue weighted by Gasteiger charge is -2.27. The molecule has 1 aliphatic rings. The Kier molecular flexibility index (Phi) is 3.96. The average Bonchev–Trinajstić information content (AvgIpc) is 2.51. The van der Waals surface area contributed by atoms with E-state index >= 15 is 0 Å². The maximum atomic E-state index is 5.64. The van der Waals surface area contributed by atoms with Gasteiger partial charge in [-0.05, 0) is 36.8 Å². The number of nitrogens with zero attached hydrogens (tertiary/aromatic N) is 1. The van der Waals surface area contributed by atoms with Crippen molar-refractivity contribution >= 4 is 0 Å². The Balaban J connectivity index is 2.34. The van der Waals surface area contributed by atoms with Crippen LogP contribution in [0.5, 0.6) is 0 Å². The lowest BCUT2D eigenvalue weighted by molar-refractivity contribution is 0.218. The normalized spacial score (nSPS) is 26.8. The van der Waals surface area contributed by atoms with Gasteiger partial charge >= 0.3 is 0 Å². The highest BCUT2D eigenvalue weighted by Crippen LogP contribution is 2.33. The highest BCUT2D eigenvalue weighted by Gasteiger charge is 2.31. The molecule has 14 heavy (non-hydrogen) atoms. The number of nitrogens with two attached hydrogens (primary N) is 1. The van der Waals surface area contributed by atoms with E-state index in [1.165, 1.54) is 26.1 Å². The molecule has 1 saturated heterocycles. The van der Waals surface area contributed by atoms with Crippen molar-refractivity contribution in [2.24, 2.45) is 23.0 Å². The summed E-state index contributed by atoms with van der Waals surface area (Å²) in [5.74, 6) is 1.51. The van der Waals surface area contributed by atoms with Gasteiger partial charge in [-0.3, -0.25) is 0 Å². The lowest BCUT2D eigenvalue weighted by Crippen LogP contribution is -2.31. The summed E-state index contributed by atoms with van der Waals surface area (Å²) < 4.78 is 0. The van der Waals surface area contributed by atoms with Crippen LogP contribution in [0, 0.1) is 17.3 Å². The van der Waals surface area contributed by atoms with E-state index in [1.54, 1.807) is 0 Å². The van der Waals surface area contributed by atoms with E-state index in [2.05, 4.69) is 32.6 Å². The molecule has 0 aromatic carbocycles. The Morgan fingerprint density at radius 2 is 2.07 bits per heavy atom. The summed E-state index contributed by atoms with van der Waals surface area (Å²) in [4.78, 5) is 2.58. The van der Waals surface area contributed by atoms with Gasteiger partial charge in [-0.25, -0.2) is 0 Å². The molecule has 0 spiro atoms. The first-order valence-corrected chi connectivity index (χ1v) is 5.86. The molecule has 0 aromatic rings. The molecule has 0 unspecified atom stereocenters. The summed E-state index contributed by atoms with van der Waals surface area (Å²) in [7, 11) is 0. The summed E-state index contributed by atoms with van der Waals surface area (Å²) in [5, 5.41) is 0. The molecule has 0 bridgehead atoms. The third kappa shape index (κ3) is 3.25. The van der Waals surface area contributed by atoms with E-state index in [1.807, 2.05) is 0 Å². The molecule has 2 nitrogen and oxygen atoms in total. The molecular weight excluding hydrogens is 172 g/mol. The molecule has 2 heteroatoms. The standard InChI is InChI=1S/C12H26N2/c1-10(7-13)8-14-6-5-11(9-14)12(2,3)4/h10-11H,5-9,13H2,1-4H3/t10-,11-/m1/s1. The summed E-state index contributed by atoms with van der Waals surface area (Å²) in [6, 6.07) is 0. The first-order valence-electron chi connectivity index (χ1n) is 5.86. The van der Waals surface area contributed by atoms with Gasteiger partial charge in [0, 0.05) is 13.1 Å². The van der Waals surface area contributed by atoms with Crippen LogP contribution >= 0.6 is 0 Å². The van der Waals surface area contributed by atoms with E-state index in [0.717, 1.165) is 12.5 Å². The van der Waals surface area contributed by atoms with Gasteiger partial charge in [0.2, 0.25) is 0 Å². The summed E-state index contributed by atoms with van der Waals surface area (Å²) in [6.45, 7) is 13.8. The molecule has 84 valence electrons. The predicted molar refractivity (Wildman–Crippen MR) is 62.2 cm³/mol. The van der Waals surface area contributed by atoms with E-state index in [-0.39, 0.29) is 0 Å². The van der Waals surface area contributed by atoms with Crippen LogP contribution < -0.4 is 5.73 Å². The first-order chi connectivity index (χ1) is 6.43. The second-order valence-electron chi connectivity index (χ2n) is 5.95. The summed E-state index contributed by atoms with van der Waals surface area (Å²) in [5.41, 5.74) is 6.12. The van der Waals surface area contributed by atoms with Crippen LogP contribution in [0.3, 0.4) is 0 Å². The topological polar surface area (TPSA) is 29.3 Å². The summed E-state index contributed by atoms with van der Waals surface area (Å²) >= 11 is 0. The van der Waals surface area contributed by atoms with Crippen LogP contribution in [0.25, 0.3) is 0 Å². The highest BCUT2D eigenvalue weighted by atomic mass is 15.1. The zero-order valence-corrected chi connectivity index (χ0v) is 10.2. The molecule has 1 heterocycles. The van der Waals surface area contributed by atoms with Gasteiger partial charge in [-0.1, -0.05) is 27.7 Å². The predicted octanol–water partition coefficient (Wildman–Crippen LogP) is 1.95. The van der Waals surface area contributed by atoms with Crippen LogP contribution in [-0.2, 0) is 0 Å². The number of likely N-dealkylation sites (tertiary alicyclic amines) is 1. The quantitative estimate of drug-likeness (QED) is 0.751. The average molecular weight is 198 g/mol. The summed E-state index contributed by atoms with van der Waals surface area (Å²) in [6.07, 6.45) is 1.36. The molecule has 0 saturated carbocycles. The van der Waals surface area contributed by atoms with Gasteiger partial charge < -0.3 is 10.6 Å². The van der Waals surface area contributed by atoms with Crippen LogP contribution in [-0.4, -0.2) is 31.1 Å². The van der Waals surface area contributed by atoms with Crippen LogP contribution in [0.2, 0.25) is 0 Å². The maximum absolute atomic E-state index is 5.64. The van der Waals surface area contributed by atoms with Gasteiger partial charge in [0.05, 0.1) is 0 Å². The Labute approximate surface area is 88.8 Å². The third-order valence-electron chi connectivity index (χ3n) is 3.47. The Morgan fingerprint density at radius 3 is 2.50 bits per heavy atom. The second-order valence-corrected chi connectivity index (χ2v) is 5.95. The maximum Gasteiger partial charge on any atom is 0.00192 e. The Hall–Kier alpha value is -0.0800. The van der Waals surface area contributed by atoms with Gasteiger partial charge in [-0.15, -0.1) is 0 Å². The number of rotatable bonds is 3. The first kappa shape index (κ1) is 12.0. The number of hydrogen-bond donors (Lipinski definition) is 1. The fraction of sp³-hybridized carbons (Fsp3) is 1.00. The van der Waals surface area contributed by atoms with Crippen LogP contribution in [0.4, 0.5) is 0 Å². The second kappa shape index (κ2) is 4.63. The van der Waals surface area contributed by atoms with Gasteiger partial charge in [-0.2, -0.15) is 0 Å². The molecule has 2 N–H and O–H groups in total. The molecule has 1 fully saturated rings.